The Morgan fingerprint density at radius 3 is 1.18 bits per heavy atom. The van der Waals surface area contributed by atoms with Crippen LogP contribution in [0.3, 0.4) is 0 Å². The van der Waals surface area contributed by atoms with E-state index in [1.807, 2.05) is 0 Å². The van der Waals surface area contributed by atoms with Gasteiger partial charge in [-0.2, -0.15) is 4.73 Å². The van der Waals surface area contributed by atoms with Crippen molar-refractivity contribution in [2.45, 2.75) is 118 Å². The summed E-state index contributed by atoms with van der Waals surface area (Å²) in [6.45, 7) is 29.2. The smallest absolute Gasteiger partial charge is 0.141 e. The molecule has 1 heterocycles. The molecule has 0 unspecified atom stereocenters. The van der Waals surface area contributed by atoms with Crippen LogP contribution in [0.15, 0.2) is 24.3 Å². The predicted molar refractivity (Wildman–Crippen MR) is 144 cm³/mol. The third-order valence-corrected chi connectivity index (χ3v) is 8.98. The Labute approximate surface area is 203 Å². The van der Waals surface area contributed by atoms with Crippen LogP contribution in [0.4, 0.5) is 4.53 Å². The van der Waals surface area contributed by atoms with Gasteiger partial charge in [0.15, 0.2) is 0 Å². The van der Waals surface area contributed by atoms with E-state index in [0.717, 1.165) is 10.6 Å². The number of rotatable bonds is 1. The fourth-order valence-corrected chi connectivity index (χ4v) is 7.37. The van der Waals surface area contributed by atoms with E-state index in [4.69, 9.17) is 4.73 Å². The molecule has 0 bridgehead atoms. The zero-order chi connectivity index (χ0) is 25.3. The Balaban J connectivity index is 2.49. The number of fused-ring (bicyclic) bond motifs is 2. The second-order valence-electron chi connectivity index (χ2n) is 14.0. The summed E-state index contributed by atoms with van der Waals surface area (Å²) in [7, 11) is -1.56. The lowest BCUT2D eigenvalue weighted by molar-refractivity contribution is 0.0136. The van der Waals surface area contributed by atoms with Gasteiger partial charge in [-0.1, -0.05) is 114 Å². The first-order valence-corrected chi connectivity index (χ1v) is 13.5. The molecule has 2 aromatic rings. The molecular weight excluding hydrogens is 426 g/mol. The lowest BCUT2D eigenvalue weighted by Crippen LogP contribution is -2.38. The molecule has 0 amide bonds. The van der Waals surface area contributed by atoms with Gasteiger partial charge in [0.25, 0.3) is 0 Å². The quantitative estimate of drug-likeness (QED) is 0.379. The largest absolute Gasteiger partial charge is 0.163 e. The molecule has 1 nitrogen and oxygen atoms in total. The Hall–Kier alpha value is -1.24. The van der Waals surface area contributed by atoms with Crippen molar-refractivity contribution in [1.29, 1.82) is 0 Å². The first kappa shape index (κ1) is 26.4. The van der Waals surface area contributed by atoms with Crippen LogP contribution in [0.5, 0.6) is 0 Å². The summed E-state index contributed by atoms with van der Waals surface area (Å²) in [6, 6.07) is 9.27. The number of hydrogen-bond donors (Lipinski definition) is 0. The van der Waals surface area contributed by atoms with E-state index in [1.54, 1.807) is 0 Å². The van der Waals surface area contributed by atoms with Crippen molar-refractivity contribution in [2.24, 2.45) is 0 Å². The van der Waals surface area contributed by atoms with Gasteiger partial charge in [-0.05, 0) is 59.6 Å². The molecule has 0 N–H and O–H groups in total. The SMILES string of the molecule is CC1c2cc(C(C)(C)C)cc(C(C)(C)C)c2P(OF)c2c1cc(C(C)(C)C)cc2C(C)(C)C. The van der Waals surface area contributed by atoms with Gasteiger partial charge in [-0.15, -0.1) is 0 Å². The Morgan fingerprint density at radius 2 is 0.939 bits per heavy atom. The highest BCUT2D eigenvalue weighted by atomic mass is 31.1. The molecule has 3 rings (SSSR count). The number of hydrogen-bond acceptors (Lipinski definition) is 1. The third kappa shape index (κ3) is 4.81. The maximum Gasteiger partial charge on any atom is 0.141 e. The van der Waals surface area contributed by atoms with E-state index in [-0.39, 0.29) is 27.6 Å². The fraction of sp³-hybridized carbons (Fsp3) is 0.600. The van der Waals surface area contributed by atoms with Crippen LogP contribution in [-0.4, -0.2) is 0 Å². The lowest BCUT2D eigenvalue weighted by atomic mass is 9.75. The topological polar surface area (TPSA) is 9.23 Å². The van der Waals surface area contributed by atoms with Crippen LogP contribution in [0, 0.1) is 0 Å². The van der Waals surface area contributed by atoms with E-state index in [1.165, 1.54) is 33.4 Å². The maximum atomic E-state index is 14.7. The molecule has 2 aromatic carbocycles. The van der Waals surface area contributed by atoms with E-state index in [0.29, 0.717) is 0 Å². The molecule has 0 fully saturated rings. The highest BCUT2D eigenvalue weighted by Crippen LogP contribution is 2.52. The zero-order valence-corrected chi connectivity index (χ0v) is 24.0. The standard InChI is InChI=1S/C30H44FOP/c1-18-21-14-19(27(2,3)4)16-23(29(8,9)10)25(21)33(32-31)26-22(18)15-20(28(5,6)7)17-24(26)30(11,12)13/h14-18H,1-13H3. The molecule has 0 aromatic heterocycles. The van der Waals surface area contributed by atoms with Gasteiger partial charge in [0.1, 0.15) is 8.15 Å². The Kier molecular flexibility index (Phi) is 6.52. The summed E-state index contributed by atoms with van der Waals surface area (Å²) in [4.78, 5) is 0. The van der Waals surface area contributed by atoms with Crippen molar-refractivity contribution < 1.29 is 9.25 Å². The molecule has 0 saturated carbocycles. The Bertz CT molecular complexity index is 972. The normalized spacial score (nSPS) is 19.3. The summed E-state index contributed by atoms with van der Waals surface area (Å²) in [6.07, 6.45) is 0. The van der Waals surface area contributed by atoms with Crippen molar-refractivity contribution in [3.05, 3.63) is 57.6 Å². The van der Waals surface area contributed by atoms with Gasteiger partial charge >= 0.3 is 0 Å². The van der Waals surface area contributed by atoms with Crippen molar-refractivity contribution in [3.8, 4) is 0 Å². The van der Waals surface area contributed by atoms with E-state index < -0.39 is 8.15 Å². The molecule has 0 spiro atoms. The average molecular weight is 471 g/mol. The minimum Gasteiger partial charge on any atom is -0.163 e. The molecule has 0 radical (unpaired) electrons. The molecule has 0 saturated heterocycles. The first-order chi connectivity index (χ1) is 14.8. The minimum absolute atomic E-state index is 0.0121. The molecule has 0 atom stereocenters. The lowest BCUT2D eigenvalue weighted by Gasteiger charge is -2.40. The molecule has 33 heavy (non-hydrogen) atoms. The third-order valence-electron chi connectivity index (χ3n) is 7.04. The zero-order valence-electron chi connectivity index (χ0n) is 23.1. The number of halogens is 1. The second-order valence-corrected chi connectivity index (χ2v) is 15.6. The molecule has 1 aliphatic heterocycles. The average Bonchev–Trinajstić information content (AvgIpc) is 2.64. The summed E-state index contributed by atoms with van der Waals surface area (Å²) in [5.41, 5.74) is 7.29. The van der Waals surface area contributed by atoms with Crippen molar-refractivity contribution >= 4 is 18.8 Å². The van der Waals surface area contributed by atoms with Crippen LogP contribution in [0.2, 0.25) is 0 Å². The van der Waals surface area contributed by atoms with Gasteiger partial charge in [0.2, 0.25) is 0 Å². The highest BCUT2D eigenvalue weighted by molar-refractivity contribution is 7.69. The van der Waals surface area contributed by atoms with Crippen LogP contribution in [0.1, 0.15) is 129 Å². The number of benzene rings is 2. The summed E-state index contributed by atoms with van der Waals surface area (Å²) in [5.74, 6) is 0.177. The minimum atomic E-state index is -1.56. The van der Waals surface area contributed by atoms with Crippen molar-refractivity contribution in [1.82, 2.24) is 0 Å². The van der Waals surface area contributed by atoms with Gasteiger partial charge < -0.3 is 0 Å². The molecule has 3 heteroatoms. The monoisotopic (exact) mass is 470 g/mol. The Morgan fingerprint density at radius 1 is 0.606 bits per heavy atom. The van der Waals surface area contributed by atoms with Crippen LogP contribution < -0.4 is 10.6 Å². The molecular formula is C30H44FOP. The second kappa shape index (κ2) is 8.17. The summed E-state index contributed by atoms with van der Waals surface area (Å²) < 4.78 is 19.7. The molecule has 1 aliphatic rings. The van der Waals surface area contributed by atoms with E-state index in [2.05, 4.69) is 114 Å². The van der Waals surface area contributed by atoms with Gasteiger partial charge in [0.05, 0.1) is 0 Å². The first-order valence-electron chi connectivity index (χ1n) is 12.2. The fourth-order valence-electron chi connectivity index (χ4n) is 4.79. The molecule has 0 aliphatic carbocycles. The van der Waals surface area contributed by atoms with Gasteiger partial charge in [-0.25, -0.2) is 0 Å². The van der Waals surface area contributed by atoms with Gasteiger partial charge in [-0.3, -0.25) is 0 Å². The maximum absolute atomic E-state index is 14.7. The highest BCUT2D eigenvalue weighted by Gasteiger charge is 2.41. The van der Waals surface area contributed by atoms with Crippen LogP contribution >= 0.6 is 8.15 Å². The molecule has 182 valence electrons. The summed E-state index contributed by atoms with van der Waals surface area (Å²) in [5, 5.41) is 2.17. The summed E-state index contributed by atoms with van der Waals surface area (Å²) >= 11 is 0. The van der Waals surface area contributed by atoms with Crippen molar-refractivity contribution in [3.63, 3.8) is 0 Å². The van der Waals surface area contributed by atoms with Crippen LogP contribution in [0.25, 0.3) is 0 Å². The van der Waals surface area contributed by atoms with Crippen molar-refractivity contribution in [2.75, 3.05) is 0 Å². The van der Waals surface area contributed by atoms with E-state index in [9.17, 15) is 4.53 Å². The van der Waals surface area contributed by atoms with Gasteiger partial charge in [0, 0.05) is 16.5 Å². The predicted octanol–water partition coefficient (Wildman–Crippen LogP) is 8.59. The van der Waals surface area contributed by atoms with E-state index >= 15 is 0 Å². The van der Waals surface area contributed by atoms with Crippen LogP contribution in [-0.2, 0) is 26.4 Å².